The molecule has 0 aliphatic carbocycles. The zero-order valence-corrected chi connectivity index (χ0v) is 8.27. The lowest BCUT2D eigenvalue weighted by atomic mass is 10.3. The minimum atomic E-state index is 0.890. The van der Waals surface area contributed by atoms with Crippen molar-refractivity contribution in [3.63, 3.8) is 0 Å². The summed E-state index contributed by atoms with van der Waals surface area (Å²) in [6.45, 7) is 13.5. The summed E-state index contributed by atoms with van der Waals surface area (Å²) < 4.78 is 0. The highest BCUT2D eigenvalue weighted by Gasteiger charge is 1.95. The number of hydrogen-bond donors (Lipinski definition) is 1. The molecule has 0 aromatic heterocycles. The summed E-state index contributed by atoms with van der Waals surface area (Å²) in [5.41, 5.74) is 1.21. The van der Waals surface area contributed by atoms with Crippen molar-refractivity contribution in [1.29, 1.82) is 0 Å². The topological polar surface area (TPSA) is 15.3 Å². The molecule has 0 radical (unpaired) electrons. The normalized spacial score (nSPS) is 10.2. The lowest BCUT2D eigenvalue weighted by Crippen LogP contribution is -2.30. The Labute approximate surface area is 76.0 Å². The minimum absolute atomic E-state index is 0.890. The van der Waals surface area contributed by atoms with Crippen molar-refractivity contribution in [3.05, 3.63) is 24.8 Å². The maximum atomic E-state index is 3.86. The third kappa shape index (κ3) is 7.51. The van der Waals surface area contributed by atoms with Gasteiger partial charge < -0.3 is 10.2 Å². The van der Waals surface area contributed by atoms with E-state index in [-0.39, 0.29) is 0 Å². The molecule has 70 valence electrons. The molecule has 0 amide bonds. The van der Waals surface area contributed by atoms with Gasteiger partial charge in [0, 0.05) is 26.2 Å². The Kier molecular flexibility index (Phi) is 6.72. The van der Waals surface area contributed by atoms with Crippen molar-refractivity contribution in [2.24, 2.45) is 0 Å². The van der Waals surface area contributed by atoms with Crippen LogP contribution in [0.1, 0.15) is 6.92 Å². The zero-order chi connectivity index (χ0) is 9.40. The highest BCUT2D eigenvalue weighted by molar-refractivity contribution is 4.91. The Morgan fingerprint density at radius 3 is 2.75 bits per heavy atom. The quantitative estimate of drug-likeness (QED) is 0.455. The summed E-state index contributed by atoms with van der Waals surface area (Å²) in [5, 5.41) is 3.25. The lowest BCUT2D eigenvalue weighted by molar-refractivity contribution is 0.361. The van der Waals surface area contributed by atoms with E-state index in [0.717, 1.165) is 26.2 Å². The van der Waals surface area contributed by atoms with Gasteiger partial charge in [0.25, 0.3) is 0 Å². The van der Waals surface area contributed by atoms with E-state index in [9.17, 15) is 0 Å². The first-order valence-corrected chi connectivity index (χ1v) is 4.31. The number of nitrogens with one attached hydrogen (secondary N) is 1. The third-order valence-electron chi connectivity index (χ3n) is 1.50. The average Bonchev–Trinajstić information content (AvgIpc) is 1.97. The Bertz CT molecular complexity index is 141. The third-order valence-corrected chi connectivity index (χ3v) is 1.50. The molecule has 0 unspecified atom stereocenters. The van der Waals surface area contributed by atoms with Gasteiger partial charge in [0.1, 0.15) is 0 Å². The predicted octanol–water partition coefficient (Wildman–Crippen LogP) is 1.27. The molecule has 1 N–H and O–H groups in total. The van der Waals surface area contributed by atoms with Gasteiger partial charge in [-0.2, -0.15) is 0 Å². The largest absolute Gasteiger partial charge is 0.312 e. The molecular formula is C10H20N2. The van der Waals surface area contributed by atoms with Crippen LogP contribution in [0.15, 0.2) is 24.8 Å². The van der Waals surface area contributed by atoms with E-state index in [0.29, 0.717) is 0 Å². The summed E-state index contributed by atoms with van der Waals surface area (Å²) in [6, 6.07) is 0. The van der Waals surface area contributed by atoms with Crippen LogP contribution >= 0.6 is 0 Å². The maximum Gasteiger partial charge on any atom is 0.0184 e. The minimum Gasteiger partial charge on any atom is -0.312 e. The molecule has 0 aliphatic rings. The molecule has 0 spiro atoms. The second-order valence-electron chi connectivity index (χ2n) is 3.19. The van der Waals surface area contributed by atoms with Crippen LogP contribution in [-0.2, 0) is 0 Å². The SMILES string of the molecule is C=CCNCCN(C)CC(=C)C. The van der Waals surface area contributed by atoms with Crippen LogP contribution in [0.4, 0.5) is 0 Å². The van der Waals surface area contributed by atoms with Gasteiger partial charge in [0.2, 0.25) is 0 Å². The molecule has 0 bridgehead atoms. The van der Waals surface area contributed by atoms with Crippen molar-refractivity contribution < 1.29 is 0 Å². The van der Waals surface area contributed by atoms with Gasteiger partial charge in [-0.1, -0.05) is 18.2 Å². The van der Waals surface area contributed by atoms with Crippen molar-refractivity contribution in [2.75, 3.05) is 33.2 Å². The van der Waals surface area contributed by atoms with Gasteiger partial charge in [-0.25, -0.2) is 0 Å². The first-order chi connectivity index (χ1) is 5.66. The van der Waals surface area contributed by atoms with E-state index in [4.69, 9.17) is 0 Å². The first kappa shape index (κ1) is 11.4. The van der Waals surface area contributed by atoms with Crippen LogP contribution in [0.2, 0.25) is 0 Å². The van der Waals surface area contributed by atoms with E-state index in [2.05, 4.69) is 30.4 Å². The summed E-state index contributed by atoms with van der Waals surface area (Å²) in [4.78, 5) is 2.25. The molecule has 0 fully saturated rings. The van der Waals surface area contributed by atoms with Crippen LogP contribution < -0.4 is 5.32 Å². The standard InChI is InChI=1S/C10H20N2/c1-5-6-11-7-8-12(4)9-10(2)3/h5,11H,1-2,6-9H2,3-4H3. The molecule has 0 aliphatic heterocycles. The molecule has 2 heteroatoms. The lowest BCUT2D eigenvalue weighted by Gasteiger charge is -2.16. The average molecular weight is 168 g/mol. The number of hydrogen-bond acceptors (Lipinski definition) is 2. The van der Waals surface area contributed by atoms with Crippen LogP contribution in [0.5, 0.6) is 0 Å². The van der Waals surface area contributed by atoms with E-state index < -0.39 is 0 Å². The van der Waals surface area contributed by atoms with Gasteiger partial charge in [0.15, 0.2) is 0 Å². The van der Waals surface area contributed by atoms with Crippen molar-refractivity contribution in [3.8, 4) is 0 Å². The predicted molar refractivity (Wildman–Crippen MR) is 55.4 cm³/mol. The summed E-state index contributed by atoms with van der Waals surface area (Å²) in [5.74, 6) is 0. The summed E-state index contributed by atoms with van der Waals surface area (Å²) in [7, 11) is 2.10. The molecule has 0 aromatic rings. The van der Waals surface area contributed by atoms with Crippen LogP contribution in [0, 0.1) is 0 Å². The molecular weight excluding hydrogens is 148 g/mol. The molecule has 0 saturated carbocycles. The Morgan fingerprint density at radius 1 is 1.58 bits per heavy atom. The van der Waals surface area contributed by atoms with Crippen LogP contribution in [0.3, 0.4) is 0 Å². The van der Waals surface area contributed by atoms with Crippen molar-refractivity contribution in [2.45, 2.75) is 6.92 Å². The fraction of sp³-hybridized carbons (Fsp3) is 0.600. The fourth-order valence-electron chi connectivity index (χ4n) is 1.01. The summed E-state index contributed by atoms with van der Waals surface area (Å²) in [6.07, 6.45) is 1.87. The number of likely N-dealkylation sites (N-methyl/N-ethyl adjacent to an activating group) is 1. The molecule has 0 rings (SSSR count). The van der Waals surface area contributed by atoms with E-state index >= 15 is 0 Å². The Balaban J connectivity index is 3.24. The van der Waals surface area contributed by atoms with Gasteiger partial charge in [-0.3, -0.25) is 0 Å². The molecule has 0 saturated heterocycles. The van der Waals surface area contributed by atoms with E-state index in [1.54, 1.807) is 0 Å². The Hall–Kier alpha value is -0.600. The van der Waals surface area contributed by atoms with E-state index in [1.807, 2.05) is 13.0 Å². The molecule has 0 heterocycles. The highest BCUT2D eigenvalue weighted by atomic mass is 15.1. The smallest absolute Gasteiger partial charge is 0.0184 e. The molecule has 0 atom stereocenters. The van der Waals surface area contributed by atoms with Gasteiger partial charge in [-0.05, 0) is 14.0 Å². The zero-order valence-electron chi connectivity index (χ0n) is 8.27. The number of rotatable bonds is 7. The fourth-order valence-corrected chi connectivity index (χ4v) is 1.01. The van der Waals surface area contributed by atoms with Crippen LogP contribution in [-0.4, -0.2) is 38.1 Å². The second-order valence-corrected chi connectivity index (χ2v) is 3.19. The molecule has 2 nitrogen and oxygen atoms in total. The van der Waals surface area contributed by atoms with Crippen molar-refractivity contribution in [1.82, 2.24) is 10.2 Å². The van der Waals surface area contributed by atoms with Gasteiger partial charge in [0.05, 0.1) is 0 Å². The Morgan fingerprint density at radius 2 is 2.25 bits per heavy atom. The monoisotopic (exact) mass is 168 g/mol. The van der Waals surface area contributed by atoms with Gasteiger partial charge in [-0.15, -0.1) is 6.58 Å². The van der Waals surface area contributed by atoms with Crippen LogP contribution in [0.25, 0.3) is 0 Å². The second kappa shape index (κ2) is 7.07. The van der Waals surface area contributed by atoms with Crippen molar-refractivity contribution >= 4 is 0 Å². The number of nitrogens with zero attached hydrogens (tertiary/aromatic N) is 1. The molecule has 0 aromatic carbocycles. The molecule has 12 heavy (non-hydrogen) atoms. The maximum absolute atomic E-state index is 3.86. The van der Waals surface area contributed by atoms with Gasteiger partial charge >= 0.3 is 0 Å². The first-order valence-electron chi connectivity index (χ1n) is 4.31. The highest BCUT2D eigenvalue weighted by Crippen LogP contribution is 1.90. The van der Waals surface area contributed by atoms with E-state index in [1.165, 1.54) is 5.57 Å². The summed E-state index contributed by atoms with van der Waals surface area (Å²) >= 11 is 0.